The smallest absolute Gasteiger partial charge is 0.227 e. The summed E-state index contributed by atoms with van der Waals surface area (Å²) in [4.78, 5) is 19.1. The molecule has 1 aromatic rings. The maximum absolute atomic E-state index is 13.0. The Bertz CT molecular complexity index is 696. The number of aryl methyl sites for hydroxylation is 1. The first-order valence-electron chi connectivity index (χ1n) is 8.24. The van der Waals surface area contributed by atoms with Crippen LogP contribution in [-0.2, 0) is 26.6 Å². The van der Waals surface area contributed by atoms with Gasteiger partial charge in [-0.3, -0.25) is 4.79 Å². The van der Waals surface area contributed by atoms with Crippen LogP contribution < -0.4 is 0 Å². The quantitative estimate of drug-likeness (QED) is 0.736. The van der Waals surface area contributed by atoms with Crippen LogP contribution in [0.1, 0.15) is 18.5 Å². The van der Waals surface area contributed by atoms with Crippen molar-refractivity contribution in [2.75, 3.05) is 45.1 Å². The molecule has 3 rings (SSSR count). The van der Waals surface area contributed by atoms with Crippen molar-refractivity contribution in [3.05, 3.63) is 18.2 Å². The monoisotopic (exact) mass is 356 g/mol. The van der Waals surface area contributed by atoms with Crippen LogP contribution in [0.15, 0.2) is 12.5 Å². The van der Waals surface area contributed by atoms with E-state index in [0.29, 0.717) is 32.8 Å². The third-order valence-electron chi connectivity index (χ3n) is 4.79. The van der Waals surface area contributed by atoms with Crippen molar-refractivity contribution in [1.29, 1.82) is 0 Å². The maximum atomic E-state index is 13.0. The van der Waals surface area contributed by atoms with Gasteiger partial charge in [-0.05, 0) is 6.92 Å². The number of nitrogens with zero attached hydrogens (tertiary/aromatic N) is 4. The highest BCUT2D eigenvalue weighted by molar-refractivity contribution is 7.89. The van der Waals surface area contributed by atoms with Crippen LogP contribution in [0.3, 0.4) is 0 Å². The molecule has 2 atom stereocenters. The Kier molecular flexibility index (Phi) is 4.93. The van der Waals surface area contributed by atoms with Crippen LogP contribution in [0.4, 0.5) is 0 Å². The topological polar surface area (TPSA) is 84.7 Å². The van der Waals surface area contributed by atoms with Gasteiger partial charge < -0.3 is 14.2 Å². The average Bonchev–Trinajstić information content (AvgIpc) is 3.21. The Hall–Kier alpha value is -1.45. The number of sulfonamides is 1. The van der Waals surface area contributed by atoms with E-state index >= 15 is 0 Å². The van der Waals surface area contributed by atoms with E-state index in [0.717, 1.165) is 5.69 Å². The standard InChI is InChI=1S/C15H24N4O4S/c1-3-24(21,22)19-8-12(14-10-17(2)11-16-14)13(9-19)15(20)18-4-6-23-7-5-18/h10-13H,3-9H2,1-2H3/t12-,13-/m1/s1. The molecule has 0 radical (unpaired) electrons. The van der Waals surface area contributed by atoms with Gasteiger partial charge in [-0.2, -0.15) is 0 Å². The van der Waals surface area contributed by atoms with Crippen molar-refractivity contribution in [3.63, 3.8) is 0 Å². The van der Waals surface area contributed by atoms with Gasteiger partial charge in [0, 0.05) is 45.3 Å². The largest absolute Gasteiger partial charge is 0.378 e. The number of amides is 1. The fraction of sp³-hybridized carbons (Fsp3) is 0.733. The van der Waals surface area contributed by atoms with Crippen molar-refractivity contribution in [3.8, 4) is 0 Å². The van der Waals surface area contributed by atoms with Crippen molar-refractivity contribution in [1.82, 2.24) is 18.8 Å². The Morgan fingerprint density at radius 2 is 2.04 bits per heavy atom. The Balaban J connectivity index is 1.86. The molecule has 0 aliphatic carbocycles. The zero-order chi connectivity index (χ0) is 17.3. The molecule has 0 aromatic carbocycles. The maximum Gasteiger partial charge on any atom is 0.227 e. The average molecular weight is 356 g/mol. The van der Waals surface area contributed by atoms with Crippen LogP contribution in [0.2, 0.25) is 0 Å². The summed E-state index contributed by atoms with van der Waals surface area (Å²) in [5, 5.41) is 0. The number of morpholine rings is 1. The molecule has 2 fully saturated rings. The number of ether oxygens (including phenoxy) is 1. The zero-order valence-corrected chi connectivity index (χ0v) is 14.9. The summed E-state index contributed by atoms with van der Waals surface area (Å²) in [6.45, 7) is 4.35. The van der Waals surface area contributed by atoms with Crippen molar-refractivity contribution in [2.45, 2.75) is 12.8 Å². The van der Waals surface area contributed by atoms with E-state index in [9.17, 15) is 13.2 Å². The molecule has 0 bridgehead atoms. The number of rotatable bonds is 4. The zero-order valence-electron chi connectivity index (χ0n) is 14.1. The molecule has 9 heteroatoms. The summed E-state index contributed by atoms with van der Waals surface area (Å²) < 4.78 is 33.1. The lowest BCUT2D eigenvalue weighted by Gasteiger charge is -2.30. The van der Waals surface area contributed by atoms with Gasteiger partial charge in [0.2, 0.25) is 15.9 Å². The molecule has 134 valence electrons. The minimum atomic E-state index is -3.33. The van der Waals surface area contributed by atoms with Gasteiger partial charge in [0.15, 0.2) is 0 Å². The van der Waals surface area contributed by atoms with E-state index in [2.05, 4.69) is 4.98 Å². The number of imidazole rings is 1. The van der Waals surface area contributed by atoms with Crippen molar-refractivity contribution >= 4 is 15.9 Å². The summed E-state index contributed by atoms with van der Waals surface area (Å²) in [5.41, 5.74) is 0.776. The van der Waals surface area contributed by atoms with E-state index in [1.54, 1.807) is 18.2 Å². The lowest BCUT2D eigenvalue weighted by atomic mass is 9.92. The van der Waals surface area contributed by atoms with Gasteiger partial charge in [-0.1, -0.05) is 0 Å². The molecule has 24 heavy (non-hydrogen) atoms. The van der Waals surface area contributed by atoms with Crippen LogP contribution in [0.25, 0.3) is 0 Å². The third kappa shape index (κ3) is 3.33. The number of carbonyl (C=O) groups is 1. The number of hydrogen-bond donors (Lipinski definition) is 0. The van der Waals surface area contributed by atoms with Gasteiger partial charge in [-0.25, -0.2) is 17.7 Å². The second-order valence-corrected chi connectivity index (χ2v) is 8.59. The SMILES string of the molecule is CCS(=O)(=O)N1C[C@@H](C(=O)N2CCOCC2)[C@H](c2cn(C)cn2)C1. The minimum absolute atomic E-state index is 0.00255. The summed E-state index contributed by atoms with van der Waals surface area (Å²) in [6.07, 6.45) is 3.55. The van der Waals surface area contributed by atoms with E-state index in [1.165, 1.54) is 4.31 Å². The van der Waals surface area contributed by atoms with Crippen LogP contribution in [0, 0.1) is 5.92 Å². The predicted molar refractivity (Wildman–Crippen MR) is 87.9 cm³/mol. The third-order valence-corrected chi connectivity index (χ3v) is 6.60. The van der Waals surface area contributed by atoms with Gasteiger partial charge in [-0.15, -0.1) is 0 Å². The Labute approximate surface area is 142 Å². The molecule has 0 unspecified atom stereocenters. The van der Waals surface area contributed by atoms with Crippen LogP contribution in [0.5, 0.6) is 0 Å². The molecule has 1 amide bonds. The summed E-state index contributed by atoms with van der Waals surface area (Å²) >= 11 is 0. The number of aromatic nitrogens is 2. The molecular weight excluding hydrogens is 332 g/mol. The van der Waals surface area contributed by atoms with Crippen LogP contribution in [-0.4, -0.2) is 78.2 Å². The molecule has 2 aliphatic heterocycles. The Morgan fingerprint density at radius 1 is 1.33 bits per heavy atom. The number of carbonyl (C=O) groups excluding carboxylic acids is 1. The lowest BCUT2D eigenvalue weighted by molar-refractivity contribution is -0.139. The first-order valence-corrected chi connectivity index (χ1v) is 9.85. The van der Waals surface area contributed by atoms with E-state index in [4.69, 9.17) is 4.74 Å². The molecule has 2 aliphatic rings. The van der Waals surface area contributed by atoms with E-state index in [-0.39, 0.29) is 30.0 Å². The minimum Gasteiger partial charge on any atom is -0.378 e. The second-order valence-electron chi connectivity index (χ2n) is 6.33. The molecule has 0 N–H and O–H groups in total. The molecule has 0 spiro atoms. The summed E-state index contributed by atoms with van der Waals surface area (Å²) in [6, 6.07) is 0. The van der Waals surface area contributed by atoms with Gasteiger partial charge in [0.25, 0.3) is 0 Å². The van der Waals surface area contributed by atoms with Crippen molar-refractivity contribution < 1.29 is 17.9 Å². The Morgan fingerprint density at radius 3 is 2.62 bits per heavy atom. The molecule has 1 aromatic heterocycles. The molecule has 2 saturated heterocycles. The molecule has 3 heterocycles. The fourth-order valence-corrected chi connectivity index (χ4v) is 4.51. The van der Waals surface area contributed by atoms with Crippen LogP contribution >= 0.6 is 0 Å². The van der Waals surface area contributed by atoms with Gasteiger partial charge in [0.1, 0.15) is 0 Å². The molecule has 8 nitrogen and oxygen atoms in total. The number of hydrogen-bond acceptors (Lipinski definition) is 5. The molecule has 0 saturated carbocycles. The first-order chi connectivity index (χ1) is 11.4. The highest BCUT2D eigenvalue weighted by atomic mass is 32.2. The normalized spacial score (nSPS) is 26.0. The predicted octanol–water partition coefficient (Wildman–Crippen LogP) is -0.356. The molecular formula is C15H24N4O4S. The highest BCUT2D eigenvalue weighted by Crippen LogP contribution is 2.34. The van der Waals surface area contributed by atoms with Crippen molar-refractivity contribution in [2.24, 2.45) is 13.0 Å². The summed E-state index contributed by atoms with van der Waals surface area (Å²) in [7, 11) is -1.46. The lowest BCUT2D eigenvalue weighted by Crippen LogP contribution is -2.45. The van der Waals surface area contributed by atoms with E-state index < -0.39 is 10.0 Å². The van der Waals surface area contributed by atoms with E-state index in [1.807, 2.05) is 17.8 Å². The fourth-order valence-electron chi connectivity index (χ4n) is 3.37. The highest BCUT2D eigenvalue weighted by Gasteiger charge is 2.44. The van der Waals surface area contributed by atoms with Gasteiger partial charge in [0.05, 0.1) is 36.9 Å². The second kappa shape index (κ2) is 6.81. The van der Waals surface area contributed by atoms with Gasteiger partial charge >= 0.3 is 0 Å². The summed E-state index contributed by atoms with van der Waals surface area (Å²) in [5.74, 6) is -0.551. The first kappa shape index (κ1) is 17.4.